The molecule has 0 aromatic carbocycles. The molecule has 8 nitrogen and oxygen atoms in total. The van der Waals surface area contributed by atoms with E-state index in [1.807, 2.05) is 34.6 Å². The van der Waals surface area contributed by atoms with Crippen LogP contribution in [0.25, 0.3) is 0 Å². The Morgan fingerprint density at radius 3 is 1.76 bits per heavy atom. The summed E-state index contributed by atoms with van der Waals surface area (Å²) in [6.45, 7) is 16.1. The van der Waals surface area contributed by atoms with Crippen LogP contribution < -0.4 is 16.8 Å². The van der Waals surface area contributed by atoms with E-state index in [1.54, 1.807) is 20.8 Å². The summed E-state index contributed by atoms with van der Waals surface area (Å²) in [5.74, 6) is 0. The van der Waals surface area contributed by atoms with Crippen molar-refractivity contribution in [2.75, 3.05) is 13.1 Å². The zero-order valence-electron chi connectivity index (χ0n) is 16.7. The Bertz CT molecular complexity index is 451. The summed E-state index contributed by atoms with van der Waals surface area (Å²) < 4.78 is 0. The zero-order valence-corrected chi connectivity index (χ0v) is 17.8. The predicted molar refractivity (Wildman–Crippen MR) is 102 cm³/mol. The van der Waals surface area contributed by atoms with Crippen LogP contribution in [-0.4, -0.2) is 57.8 Å². The molecule has 149 valence electrons. The average molecular weight is 403 g/mol. The van der Waals surface area contributed by atoms with E-state index in [-0.39, 0.29) is 33.9 Å². The molecule has 0 aliphatic rings. The van der Waals surface area contributed by atoms with Crippen LogP contribution in [0.15, 0.2) is 15.3 Å². The van der Waals surface area contributed by atoms with Gasteiger partial charge in [-0.05, 0) is 55.4 Å². The van der Waals surface area contributed by atoms with Crippen molar-refractivity contribution in [2.24, 2.45) is 26.8 Å². The second kappa shape index (κ2) is 13.2. The van der Waals surface area contributed by atoms with Crippen LogP contribution in [-0.2, 0) is 16.8 Å². The van der Waals surface area contributed by atoms with Crippen molar-refractivity contribution < 1.29 is 27.2 Å². The van der Waals surface area contributed by atoms with Crippen LogP contribution in [0.4, 0.5) is 0 Å². The molecule has 0 bridgehead atoms. The largest absolute Gasteiger partial charge is 2.00 e. The number of oxime groups is 2. The van der Waals surface area contributed by atoms with Crippen LogP contribution in [0.5, 0.6) is 0 Å². The smallest absolute Gasteiger partial charge is 0.411 e. The van der Waals surface area contributed by atoms with Gasteiger partial charge in [0.2, 0.25) is 0 Å². The number of hydrogen-bond donors (Lipinski definition) is 5. The molecule has 1 atom stereocenters. The Labute approximate surface area is 162 Å². The maximum absolute atomic E-state index is 8.45. The van der Waals surface area contributed by atoms with Gasteiger partial charge in [0.1, 0.15) is 0 Å². The molecule has 1 unspecified atom stereocenters. The van der Waals surface area contributed by atoms with Crippen molar-refractivity contribution in [1.29, 1.82) is 0 Å². The molecule has 0 amide bonds. The molecule has 0 rings (SSSR count). The molecule has 25 heavy (non-hydrogen) atoms. The topological polar surface area (TPSA) is 142 Å². The van der Waals surface area contributed by atoms with Gasteiger partial charge in [-0.1, -0.05) is 10.3 Å². The number of hydrogen-bond acceptors (Lipinski definition) is 8. The van der Waals surface area contributed by atoms with Crippen molar-refractivity contribution in [3.8, 4) is 0 Å². The van der Waals surface area contributed by atoms with Gasteiger partial charge in [0, 0.05) is 23.7 Å². The van der Waals surface area contributed by atoms with Gasteiger partial charge in [-0.3, -0.25) is 4.99 Å². The third-order valence-electron chi connectivity index (χ3n) is 3.05. The Kier molecular flexibility index (Phi) is 15.2. The van der Waals surface area contributed by atoms with Crippen molar-refractivity contribution in [3.63, 3.8) is 0 Å². The fourth-order valence-electron chi connectivity index (χ4n) is 1.16. The molecular formula is C16H36CoN6O2+2. The molecule has 9 heteroatoms. The molecule has 0 aromatic heterocycles. The molecule has 0 fully saturated rings. The van der Waals surface area contributed by atoms with Crippen LogP contribution in [0, 0.1) is 0 Å². The van der Waals surface area contributed by atoms with Crippen LogP contribution >= 0.6 is 0 Å². The molecule has 0 aliphatic heterocycles. The number of nitrogens with zero attached hydrogens (tertiary/aromatic N) is 3. The Morgan fingerprint density at radius 1 is 0.960 bits per heavy atom. The fourth-order valence-corrected chi connectivity index (χ4v) is 1.16. The van der Waals surface area contributed by atoms with Gasteiger partial charge in [0.25, 0.3) is 0 Å². The minimum absolute atomic E-state index is 0. The van der Waals surface area contributed by atoms with Gasteiger partial charge >= 0.3 is 16.8 Å². The van der Waals surface area contributed by atoms with Gasteiger partial charge in [0.15, 0.2) is 0 Å². The summed E-state index contributed by atoms with van der Waals surface area (Å²) >= 11 is 0. The van der Waals surface area contributed by atoms with Gasteiger partial charge in [-0.2, -0.15) is 0 Å². The third-order valence-corrected chi connectivity index (χ3v) is 3.05. The first kappa shape index (κ1) is 28.8. The summed E-state index contributed by atoms with van der Waals surface area (Å²) in [6, 6.07) is 0.0674. The van der Waals surface area contributed by atoms with E-state index in [9.17, 15) is 0 Å². The average Bonchev–Trinajstić information content (AvgIpc) is 2.47. The number of aliphatic imine (C=N–C) groups is 1. The minimum atomic E-state index is -0.309. The Morgan fingerprint density at radius 2 is 1.44 bits per heavy atom. The van der Waals surface area contributed by atoms with E-state index < -0.39 is 0 Å². The number of nitrogens with two attached hydrogens (primary N) is 2. The van der Waals surface area contributed by atoms with Gasteiger partial charge < -0.3 is 27.2 Å². The first-order chi connectivity index (χ1) is 10.7. The van der Waals surface area contributed by atoms with Crippen molar-refractivity contribution >= 4 is 17.1 Å². The maximum atomic E-state index is 8.45. The van der Waals surface area contributed by atoms with Crippen LogP contribution in [0.1, 0.15) is 55.4 Å². The molecule has 0 spiro atoms. The zero-order chi connectivity index (χ0) is 19.6. The Hall–Kier alpha value is -1.00. The maximum Gasteiger partial charge on any atom is 2.00 e. The third kappa shape index (κ3) is 19.2. The van der Waals surface area contributed by atoms with E-state index in [1.165, 1.54) is 0 Å². The van der Waals surface area contributed by atoms with E-state index in [4.69, 9.17) is 21.9 Å². The van der Waals surface area contributed by atoms with Gasteiger partial charge in [-0.25, -0.2) is 0 Å². The molecule has 0 aromatic rings. The normalized spacial score (nSPS) is 15.0. The van der Waals surface area contributed by atoms with Crippen molar-refractivity contribution in [1.82, 2.24) is 5.32 Å². The number of nitrogens with one attached hydrogen (secondary N) is 1. The summed E-state index contributed by atoms with van der Waals surface area (Å²) in [6.07, 6.45) is 0. The van der Waals surface area contributed by atoms with E-state index in [0.717, 1.165) is 5.71 Å². The van der Waals surface area contributed by atoms with E-state index in [2.05, 4.69) is 20.6 Å². The molecule has 0 heterocycles. The number of rotatable bonds is 7. The fraction of sp³-hybridized carbons (Fsp3) is 0.812. The first-order valence-electron chi connectivity index (χ1n) is 7.93. The summed E-state index contributed by atoms with van der Waals surface area (Å²) in [7, 11) is 0. The first-order valence-corrected chi connectivity index (χ1v) is 7.93. The minimum Gasteiger partial charge on any atom is -0.411 e. The second-order valence-corrected chi connectivity index (χ2v) is 7.41. The molecule has 0 aliphatic carbocycles. The molecule has 0 saturated heterocycles. The van der Waals surface area contributed by atoms with Crippen LogP contribution in [0.2, 0.25) is 0 Å². The molecule has 1 radical (unpaired) electrons. The Balaban J connectivity index is -0.000000372. The quantitative estimate of drug-likeness (QED) is 0.249. The van der Waals surface area contributed by atoms with Gasteiger partial charge in [0.05, 0.1) is 23.7 Å². The summed E-state index contributed by atoms with van der Waals surface area (Å²) in [5.41, 5.74) is 12.8. The molecular weight excluding hydrogens is 367 g/mol. The second-order valence-electron chi connectivity index (χ2n) is 7.41. The van der Waals surface area contributed by atoms with Gasteiger partial charge in [-0.15, -0.1) is 0 Å². The molecule has 0 saturated carbocycles. The van der Waals surface area contributed by atoms with Crippen molar-refractivity contribution in [2.45, 2.75) is 72.5 Å². The van der Waals surface area contributed by atoms with Crippen LogP contribution in [0.3, 0.4) is 0 Å². The van der Waals surface area contributed by atoms with E-state index >= 15 is 0 Å². The SMILES string of the molecule is CC(=NCC(C)(C)N)/C(C)=N/O.CC(=NO)C(C)NCC(C)(C)N.[Co+2]. The summed E-state index contributed by atoms with van der Waals surface area (Å²) in [5, 5.41) is 26.2. The monoisotopic (exact) mass is 403 g/mol. The van der Waals surface area contributed by atoms with E-state index in [0.29, 0.717) is 24.5 Å². The standard InChI is InChI=1S/C8H19N3O.C8H17N3O.Co/c2*1-6(7(2)11-12)10-5-8(3,4)9;/h6,10,12H,5,9H2,1-4H3;12H,5,9H2,1-4H3;/q;;+2/b;10-6?,11-7+;. The predicted octanol–water partition coefficient (Wildman–Crippen LogP) is 1.58. The molecule has 7 N–H and O–H groups in total. The van der Waals surface area contributed by atoms with Crippen molar-refractivity contribution in [3.05, 3.63) is 0 Å². The summed E-state index contributed by atoms with van der Waals surface area (Å²) in [4.78, 5) is 4.17.